The molecule has 1 saturated heterocycles. The minimum Gasteiger partial charge on any atom is -0.335 e. The molecular formula is C13H19BrN2O3S2. The average molecular weight is 395 g/mol. The van der Waals surface area contributed by atoms with Crippen molar-refractivity contribution in [3.05, 3.63) is 20.3 Å². The van der Waals surface area contributed by atoms with Crippen LogP contribution >= 0.6 is 27.3 Å². The van der Waals surface area contributed by atoms with Crippen LogP contribution in [0.3, 0.4) is 0 Å². The second kappa shape index (κ2) is 6.76. The molecule has 0 spiro atoms. The number of hydrogen-bond donors (Lipinski definition) is 0. The summed E-state index contributed by atoms with van der Waals surface area (Å²) in [7, 11) is -3.16. The monoisotopic (exact) mass is 394 g/mol. The van der Waals surface area contributed by atoms with E-state index in [2.05, 4.69) is 22.9 Å². The molecule has 8 heteroatoms. The normalized spacial score (nSPS) is 17.2. The molecule has 1 fully saturated rings. The molecule has 0 bridgehead atoms. The van der Waals surface area contributed by atoms with E-state index in [0.717, 1.165) is 22.2 Å². The highest BCUT2D eigenvalue weighted by molar-refractivity contribution is 9.10. The summed E-state index contributed by atoms with van der Waals surface area (Å²) in [6.45, 7) is 3.75. The van der Waals surface area contributed by atoms with Gasteiger partial charge in [0.05, 0.1) is 11.1 Å². The molecule has 2 heterocycles. The van der Waals surface area contributed by atoms with Gasteiger partial charge in [0.1, 0.15) is 0 Å². The van der Waals surface area contributed by atoms with Crippen molar-refractivity contribution in [2.45, 2.75) is 19.8 Å². The lowest BCUT2D eigenvalue weighted by atomic mass is 10.3. The predicted molar refractivity (Wildman–Crippen MR) is 88.3 cm³/mol. The summed E-state index contributed by atoms with van der Waals surface area (Å²) in [5.74, 6) is -0.00351. The van der Waals surface area contributed by atoms with Crippen LogP contribution < -0.4 is 0 Å². The van der Waals surface area contributed by atoms with E-state index in [9.17, 15) is 13.2 Å². The number of piperazine rings is 1. The number of aryl methyl sites for hydroxylation is 1. The van der Waals surface area contributed by atoms with Crippen molar-refractivity contribution in [3.8, 4) is 0 Å². The summed E-state index contributed by atoms with van der Waals surface area (Å²) in [6, 6.07) is 1.88. The molecule has 0 aliphatic carbocycles. The van der Waals surface area contributed by atoms with Crippen molar-refractivity contribution in [2.24, 2.45) is 0 Å². The molecular weight excluding hydrogens is 376 g/mol. The van der Waals surface area contributed by atoms with Crippen LogP contribution in [-0.2, 0) is 16.4 Å². The molecule has 1 aromatic rings. The fraction of sp³-hybridized carbons (Fsp3) is 0.615. The topological polar surface area (TPSA) is 57.7 Å². The van der Waals surface area contributed by atoms with Crippen LogP contribution in [0, 0.1) is 0 Å². The van der Waals surface area contributed by atoms with Gasteiger partial charge >= 0.3 is 0 Å². The second-order valence-corrected chi connectivity index (χ2v) is 9.06. The van der Waals surface area contributed by atoms with E-state index in [1.807, 2.05) is 6.07 Å². The Kier molecular flexibility index (Phi) is 5.45. The molecule has 0 N–H and O–H groups in total. The summed E-state index contributed by atoms with van der Waals surface area (Å²) < 4.78 is 25.4. The zero-order chi connectivity index (χ0) is 15.6. The largest absolute Gasteiger partial charge is 0.335 e. The molecule has 2 rings (SSSR count). The number of carbonyl (C=O) groups is 1. The number of hydrogen-bond acceptors (Lipinski definition) is 4. The average Bonchev–Trinajstić information content (AvgIpc) is 2.79. The Balaban J connectivity index is 2.03. The summed E-state index contributed by atoms with van der Waals surface area (Å²) in [5, 5.41) is 0. The molecule has 1 amide bonds. The van der Waals surface area contributed by atoms with E-state index in [0.29, 0.717) is 26.2 Å². The zero-order valence-corrected chi connectivity index (χ0v) is 15.4. The highest BCUT2D eigenvalue weighted by atomic mass is 79.9. The van der Waals surface area contributed by atoms with Gasteiger partial charge in [-0.2, -0.15) is 4.31 Å². The third kappa shape index (κ3) is 4.06. The van der Waals surface area contributed by atoms with E-state index in [-0.39, 0.29) is 5.91 Å². The number of nitrogens with zero attached hydrogens (tertiary/aromatic N) is 2. The van der Waals surface area contributed by atoms with E-state index in [4.69, 9.17) is 0 Å². The van der Waals surface area contributed by atoms with E-state index >= 15 is 0 Å². The first-order chi connectivity index (χ1) is 9.82. The van der Waals surface area contributed by atoms with Crippen molar-refractivity contribution < 1.29 is 13.2 Å². The SMILES string of the molecule is CCCc1sc(C(=O)N2CCN(S(C)(=O)=O)CC2)cc1Br. The van der Waals surface area contributed by atoms with Gasteiger partial charge in [0.15, 0.2) is 0 Å². The molecule has 5 nitrogen and oxygen atoms in total. The first-order valence-corrected chi connectivity index (χ1v) is 10.3. The van der Waals surface area contributed by atoms with Crippen LogP contribution in [-0.4, -0.2) is 56.0 Å². The fourth-order valence-electron chi connectivity index (χ4n) is 2.29. The smallest absolute Gasteiger partial charge is 0.264 e. The second-order valence-electron chi connectivity index (χ2n) is 5.09. The number of sulfonamides is 1. The first kappa shape index (κ1) is 16.9. The van der Waals surface area contributed by atoms with Gasteiger partial charge in [-0.1, -0.05) is 13.3 Å². The minimum atomic E-state index is -3.16. The number of rotatable bonds is 4. The lowest BCUT2D eigenvalue weighted by Crippen LogP contribution is -2.50. The standard InChI is InChI=1S/C13H19BrN2O3S2/c1-3-4-11-10(14)9-12(20-11)13(17)15-5-7-16(8-6-15)21(2,18)19/h9H,3-8H2,1-2H3. The van der Waals surface area contributed by atoms with Gasteiger partial charge < -0.3 is 4.90 Å². The molecule has 1 aliphatic heterocycles. The van der Waals surface area contributed by atoms with Gasteiger partial charge in [0.2, 0.25) is 10.0 Å². The van der Waals surface area contributed by atoms with E-state index < -0.39 is 10.0 Å². The van der Waals surface area contributed by atoms with E-state index in [1.54, 1.807) is 4.90 Å². The Bertz CT molecular complexity index is 619. The Hall–Kier alpha value is -0.440. The summed E-state index contributed by atoms with van der Waals surface area (Å²) in [4.78, 5) is 16.1. The maximum absolute atomic E-state index is 12.5. The third-order valence-corrected chi connectivity index (χ3v) is 6.90. The molecule has 0 saturated carbocycles. The van der Waals surface area contributed by atoms with Crippen LogP contribution in [0.25, 0.3) is 0 Å². The summed E-state index contributed by atoms with van der Waals surface area (Å²) in [5.41, 5.74) is 0. The third-order valence-electron chi connectivity index (χ3n) is 3.44. The van der Waals surface area contributed by atoms with Crippen LogP contribution in [0.2, 0.25) is 0 Å². The number of amides is 1. The van der Waals surface area contributed by atoms with Crippen LogP contribution in [0.5, 0.6) is 0 Å². The Morgan fingerprint density at radius 3 is 2.48 bits per heavy atom. The van der Waals surface area contributed by atoms with Crippen LogP contribution in [0.1, 0.15) is 27.9 Å². The van der Waals surface area contributed by atoms with Gasteiger partial charge in [-0.05, 0) is 28.4 Å². The maximum Gasteiger partial charge on any atom is 0.264 e. The Labute approximate surface area is 138 Å². The van der Waals surface area contributed by atoms with Gasteiger partial charge in [-0.25, -0.2) is 8.42 Å². The van der Waals surface area contributed by atoms with Crippen molar-refractivity contribution in [3.63, 3.8) is 0 Å². The molecule has 0 atom stereocenters. The van der Waals surface area contributed by atoms with Crippen molar-refractivity contribution in [1.82, 2.24) is 9.21 Å². The number of carbonyl (C=O) groups excluding carboxylic acids is 1. The molecule has 1 aliphatic rings. The quantitative estimate of drug-likeness (QED) is 0.785. The van der Waals surface area contributed by atoms with Crippen LogP contribution in [0.15, 0.2) is 10.5 Å². The highest BCUT2D eigenvalue weighted by Gasteiger charge is 2.27. The molecule has 118 valence electrons. The maximum atomic E-state index is 12.5. The number of thiophene rings is 1. The zero-order valence-electron chi connectivity index (χ0n) is 12.1. The molecule has 0 radical (unpaired) electrons. The molecule has 0 unspecified atom stereocenters. The lowest BCUT2D eigenvalue weighted by Gasteiger charge is -2.32. The lowest BCUT2D eigenvalue weighted by molar-refractivity contribution is 0.0703. The predicted octanol–water partition coefficient (Wildman–Crippen LogP) is 2.18. The Morgan fingerprint density at radius 1 is 1.33 bits per heavy atom. The molecule has 21 heavy (non-hydrogen) atoms. The number of halogens is 1. The minimum absolute atomic E-state index is 0.00351. The summed E-state index contributed by atoms with van der Waals surface area (Å²) >= 11 is 5.02. The van der Waals surface area contributed by atoms with E-state index in [1.165, 1.54) is 26.8 Å². The molecule has 1 aromatic heterocycles. The van der Waals surface area contributed by atoms with Gasteiger partial charge in [-0.15, -0.1) is 11.3 Å². The van der Waals surface area contributed by atoms with Crippen molar-refractivity contribution in [2.75, 3.05) is 32.4 Å². The summed E-state index contributed by atoms with van der Waals surface area (Å²) in [6.07, 6.45) is 3.21. The van der Waals surface area contributed by atoms with Gasteiger partial charge in [0, 0.05) is 35.5 Å². The highest BCUT2D eigenvalue weighted by Crippen LogP contribution is 2.29. The van der Waals surface area contributed by atoms with Gasteiger partial charge in [0.25, 0.3) is 5.91 Å². The Morgan fingerprint density at radius 2 is 1.95 bits per heavy atom. The fourth-order valence-corrected chi connectivity index (χ4v) is 5.06. The first-order valence-electron chi connectivity index (χ1n) is 6.85. The van der Waals surface area contributed by atoms with Gasteiger partial charge in [-0.3, -0.25) is 4.79 Å². The van der Waals surface area contributed by atoms with Crippen molar-refractivity contribution in [1.29, 1.82) is 0 Å². The molecule has 0 aromatic carbocycles. The van der Waals surface area contributed by atoms with Crippen LogP contribution in [0.4, 0.5) is 0 Å². The van der Waals surface area contributed by atoms with Crippen molar-refractivity contribution >= 4 is 43.2 Å².